The summed E-state index contributed by atoms with van der Waals surface area (Å²) in [6.45, 7) is 12.4. The molecule has 0 radical (unpaired) electrons. The fourth-order valence-corrected chi connectivity index (χ4v) is 6.48. The smallest absolute Gasteiger partial charge is 0.335 e. The minimum Gasteiger partial charge on any atom is -0.395 e. The first-order chi connectivity index (χ1) is 11.2. The molecule has 2 atom stereocenters. The molecule has 1 heterocycles. The first-order valence-corrected chi connectivity index (χ1v) is 11.9. The second-order valence-electron chi connectivity index (χ2n) is 7.02. The zero-order valence-corrected chi connectivity index (χ0v) is 16.1. The molecule has 2 aliphatic rings. The molecule has 0 amide bonds. The van der Waals surface area contributed by atoms with Crippen molar-refractivity contribution in [1.29, 1.82) is 0 Å². The third-order valence-corrected chi connectivity index (χ3v) is 7.97. The van der Waals surface area contributed by atoms with Crippen molar-refractivity contribution in [1.82, 2.24) is 4.90 Å². The Balaban J connectivity index is 1.98. The van der Waals surface area contributed by atoms with Crippen molar-refractivity contribution in [3.63, 3.8) is 0 Å². The molecule has 0 N–H and O–H groups in total. The topological polar surface area (TPSA) is 30.9 Å². The van der Waals surface area contributed by atoms with Crippen molar-refractivity contribution in [3.8, 4) is 0 Å². The van der Waals surface area contributed by atoms with Crippen molar-refractivity contribution in [3.05, 3.63) is 12.7 Å². The van der Waals surface area contributed by atoms with Gasteiger partial charge in [0.2, 0.25) is 0 Å². The molecule has 1 aliphatic carbocycles. The number of ether oxygens (including phenoxy) is 1. The van der Waals surface area contributed by atoms with Crippen LogP contribution in [-0.4, -0.2) is 58.5 Å². The van der Waals surface area contributed by atoms with Gasteiger partial charge in [0.25, 0.3) is 0 Å². The molecule has 134 valence electrons. The monoisotopic (exact) mass is 341 g/mol. The molecule has 4 nitrogen and oxygen atoms in total. The van der Waals surface area contributed by atoms with Gasteiger partial charge in [0, 0.05) is 32.3 Å². The summed E-state index contributed by atoms with van der Waals surface area (Å²) in [5.74, 6) is 0. The van der Waals surface area contributed by atoms with Gasteiger partial charge in [0.1, 0.15) is 0 Å². The third kappa shape index (κ3) is 6.31. The molecule has 2 rings (SSSR count). The van der Waals surface area contributed by atoms with Crippen LogP contribution >= 0.6 is 0 Å². The Bertz CT molecular complexity index is 349. The second-order valence-corrected chi connectivity index (χ2v) is 10.3. The minimum atomic E-state index is -2.05. The van der Waals surface area contributed by atoms with Crippen LogP contribution in [0.2, 0.25) is 12.6 Å². The quantitative estimate of drug-likeness (QED) is 0.522. The van der Waals surface area contributed by atoms with Crippen LogP contribution in [0.3, 0.4) is 0 Å². The van der Waals surface area contributed by atoms with Gasteiger partial charge in [0.15, 0.2) is 0 Å². The molecule has 2 unspecified atom stereocenters. The van der Waals surface area contributed by atoms with E-state index in [9.17, 15) is 0 Å². The summed E-state index contributed by atoms with van der Waals surface area (Å²) in [4.78, 5) is 2.56. The maximum absolute atomic E-state index is 6.50. The van der Waals surface area contributed by atoms with E-state index in [1.54, 1.807) is 0 Å². The van der Waals surface area contributed by atoms with Gasteiger partial charge >= 0.3 is 8.56 Å². The van der Waals surface area contributed by atoms with E-state index in [1.807, 2.05) is 6.08 Å². The van der Waals surface area contributed by atoms with Gasteiger partial charge in [-0.2, -0.15) is 0 Å². The minimum absolute atomic E-state index is 0.125. The van der Waals surface area contributed by atoms with Crippen LogP contribution in [0.4, 0.5) is 0 Å². The predicted octanol–water partition coefficient (Wildman–Crippen LogP) is 3.72. The molecule has 5 heteroatoms. The average Bonchev–Trinajstić information content (AvgIpc) is 2.53. The van der Waals surface area contributed by atoms with Gasteiger partial charge in [-0.1, -0.05) is 25.3 Å². The molecule has 1 aliphatic heterocycles. The molecule has 0 bridgehead atoms. The Morgan fingerprint density at radius 3 is 2.74 bits per heavy atom. The van der Waals surface area contributed by atoms with E-state index in [1.165, 1.54) is 32.1 Å². The van der Waals surface area contributed by atoms with Gasteiger partial charge in [-0.25, -0.2) is 0 Å². The molecular weight excluding hydrogens is 306 g/mol. The molecule has 0 spiro atoms. The van der Waals surface area contributed by atoms with Crippen LogP contribution in [0.25, 0.3) is 0 Å². The third-order valence-electron chi connectivity index (χ3n) is 4.98. The Labute approximate surface area is 143 Å². The average molecular weight is 342 g/mol. The molecule has 0 aromatic rings. The van der Waals surface area contributed by atoms with E-state index in [4.69, 9.17) is 13.6 Å². The van der Waals surface area contributed by atoms with E-state index >= 15 is 0 Å². The molecule has 1 saturated heterocycles. The second kappa shape index (κ2) is 9.94. The number of rotatable bonds is 7. The van der Waals surface area contributed by atoms with Crippen LogP contribution in [0.15, 0.2) is 12.7 Å². The van der Waals surface area contributed by atoms with Crippen molar-refractivity contribution >= 4 is 8.56 Å². The van der Waals surface area contributed by atoms with Gasteiger partial charge in [-0.15, -0.1) is 6.58 Å². The lowest BCUT2D eigenvalue weighted by molar-refractivity contribution is -0.00900. The lowest BCUT2D eigenvalue weighted by Crippen LogP contribution is -2.50. The summed E-state index contributed by atoms with van der Waals surface area (Å²) in [5.41, 5.74) is 0. The predicted molar refractivity (Wildman–Crippen MR) is 97.0 cm³/mol. The fourth-order valence-electron chi connectivity index (χ4n) is 3.90. The van der Waals surface area contributed by atoms with Crippen molar-refractivity contribution < 1.29 is 13.6 Å². The Morgan fingerprint density at radius 2 is 2.04 bits per heavy atom. The summed E-state index contributed by atoms with van der Waals surface area (Å²) < 4.78 is 18.4. The number of nitrogens with zero attached hydrogens (tertiary/aromatic N) is 1. The molecular formula is C18H35NO3Si. The lowest BCUT2D eigenvalue weighted by atomic mass is 9.94. The Kier molecular flexibility index (Phi) is 8.27. The van der Waals surface area contributed by atoms with Crippen LogP contribution in [0, 0.1) is 0 Å². The Morgan fingerprint density at radius 1 is 1.26 bits per heavy atom. The van der Waals surface area contributed by atoms with Crippen molar-refractivity contribution in [2.24, 2.45) is 0 Å². The Hall–Kier alpha value is -0.203. The van der Waals surface area contributed by atoms with Gasteiger partial charge in [-0.3, -0.25) is 4.90 Å². The normalized spacial score (nSPS) is 30.8. The van der Waals surface area contributed by atoms with E-state index in [2.05, 4.69) is 24.9 Å². The van der Waals surface area contributed by atoms with Crippen LogP contribution in [0.5, 0.6) is 0 Å². The largest absolute Gasteiger partial charge is 0.395 e. The van der Waals surface area contributed by atoms with Gasteiger partial charge < -0.3 is 13.6 Å². The zero-order valence-electron chi connectivity index (χ0n) is 15.1. The first-order valence-electron chi connectivity index (χ1n) is 9.41. The maximum Gasteiger partial charge on any atom is 0.335 e. The van der Waals surface area contributed by atoms with Crippen molar-refractivity contribution in [2.75, 3.05) is 32.9 Å². The first kappa shape index (κ1) is 19.1. The summed E-state index contributed by atoms with van der Waals surface area (Å²) in [7, 11) is -2.05. The highest BCUT2D eigenvalue weighted by molar-refractivity contribution is 6.66. The van der Waals surface area contributed by atoms with Crippen LogP contribution < -0.4 is 0 Å². The van der Waals surface area contributed by atoms with Crippen molar-refractivity contribution in [2.45, 2.75) is 70.2 Å². The molecule has 23 heavy (non-hydrogen) atoms. The summed E-state index contributed by atoms with van der Waals surface area (Å²) in [6, 6.07) is 1.71. The number of hydrogen-bond acceptors (Lipinski definition) is 4. The standard InChI is InChI=1S/C18H35NO3Si/c1-4-12-19(17-10-7-6-8-11-17)15-18-16-20-13-9-14-23(3,22-18)21-5-2/h4,17-18H,1,5-16H2,2-3H3. The molecule has 0 aromatic heterocycles. The fraction of sp³-hybridized carbons (Fsp3) is 0.889. The van der Waals surface area contributed by atoms with E-state index in [-0.39, 0.29) is 6.10 Å². The highest BCUT2D eigenvalue weighted by Gasteiger charge is 2.36. The lowest BCUT2D eigenvalue weighted by Gasteiger charge is -2.39. The zero-order chi connectivity index (χ0) is 16.5. The summed E-state index contributed by atoms with van der Waals surface area (Å²) in [6.07, 6.45) is 9.91. The molecule has 2 fully saturated rings. The van der Waals surface area contributed by atoms with Gasteiger partial charge in [-0.05, 0) is 38.8 Å². The van der Waals surface area contributed by atoms with E-state index < -0.39 is 8.56 Å². The van der Waals surface area contributed by atoms with Gasteiger partial charge in [0.05, 0.1) is 12.7 Å². The number of hydrogen-bond donors (Lipinski definition) is 0. The van der Waals surface area contributed by atoms with Crippen LogP contribution in [0.1, 0.15) is 45.4 Å². The highest BCUT2D eigenvalue weighted by Crippen LogP contribution is 2.25. The summed E-state index contributed by atoms with van der Waals surface area (Å²) in [5, 5.41) is 0. The summed E-state index contributed by atoms with van der Waals surface area (Å²) >= 11 is 0. The molecule has 0 aromatic carbocycles. The van der Waals surface area contributed by atoms with E-state index in [0.717, 1.165) is 38.8 Å². The molecule has 1 saturated carbocycles. The van der Waals surface area contributed by atoms with E-state index in [0.29, 0.717) is 12.6 Å². The highest BCUT2D eigenvalue weighted by atomic mass is 28.4. The SMILES string of the molecule is C=CCN(CC1COCCC[Si](C)(OCC)O1)C1CCCCC1. The van der Waals surface area contributed by atoms with Crippen LogP contribution in [-0.2, 0) is 13.6 Å². The maximum atomic E-state index is 6.50.